The lowest BCUT2D eigenvalue weighted by atomic mass is 10.2. The highest BCUT2D eigenvalue weighted by molar-refractivity contribution is 5.95. The first kappa shape index (κ1) is 19.0. The van der Waals surface area contributed by atoms with Gasteiger partial charge < -0.3 is 14.6 Å². The Kier molecular flexibility index (Phi) is 4.96. The average molecular weight is 391 g/mol. The molecule has 1 N–H and O–H groups in total. The first-order chi connectivity index (χ1) is 14.0. The molecule has 0 saturated carbocycles. The first-order valence-corrected chi connectivity index (χ1v) is 9.78. The van der Waals surface area contributed by atoms with Crippen LogP contribution in [0.2, 0.25) is 0 Å². The van der Waals surface area contributed by atoms with Crippen molar-refractivity contribution in [2.24, 2.45) is 7.05 Å². The standard InChI is InChI=1S/C22H25N5O2/c1-5-9-27-10-8-16-12-17(6-7-18(16)27)24-19(28)13-29-22-20-14(2)11-15(3)23-21(20)26(4)25-22/h6-8,10-12H,5,9,13H2,1-4H3,(H,24,28). The molecule has 0 spiro atoms. The molecule has 4 rings (SSSR count). The maximum atomic E-state index is 12.4. The van der Waals surface area contributed by atoms with Crippen molar-refractivity contribution in [2.45, 2.75) is 33.7 Å². The molecule has 0 unspecified atom stereocenters. The molecule has 0 atom stereocenters. The molecule has 1 aromatic carbocycles. The van der Waals surface area contributed by atoms with Gasteiger partial charge in [0.1, 0.15) is 0 Å². The topological polar surface area (TPSA) is 74.0 Å². The molecule has 0 aliphatic heterocycles. The number of hydrogen-bond acceptors (Lipinski definition) is 4. The Morgan fingerprint density at radius 3 is 2.83 bits per heavy atom. The lowest BCUT2D eigenvalue weighted by Crippen LogP contribution is -2.20. The van der Waals surface area contributed by atoms with Crippen molar-refractivity contribution in [3.8, 4) is 5.88 Å². The zero-order valence-electron chi connectivity index (χ0n) is 17.2. The van der Waals surface area contributed by atoms with Crippen LogP contribution in [-0.2, 0) is 18.4 Å². The van der Waals surface area contributed by atoms with Crippen molar-refractivity contribution in [3.05, 3.63) is 47.8 Å². The van der Waals surface area contributed by atoms with Crippen LogP contribution in [0.15, 0.2) is 36.5 Å². The predicted octanol–water partition coefficient (Wildman–Crippen LogP) is 3.97. The Bertz CT molecular complexity index is 1210. The van der Waals surface area contributed by atoms with Gasteiger partial charge in [-0.3, -0.25) is 4.79 Å². The van der Waals surface area contributed by atoms with E-state index >= 15 is 0 Å². The minimum absolute atomic E-state index is 0.117. The number of aryl methyl sites for hydroxylation is 4. The van der Waals surface area contributed by atoms with E-state index in [9.17, 15) is 4.79 Å². The number of anilines is 1. The van der Waals surface area contributed by atoms with E-state index in [4.69, 9.17) is 4.74 Å². The summed E-state index contributed by atoms with van der Waals surface area (Å²) in [4.78, 5) is 16.9. The second-order valence-electron chi connectivity index (χ2n) is 7.33. The number of nitrogens with zero attached hydrogens (tertiary/aromatic N) is 4. The van der Waals surface area contributed by atoms with Gasteiger partial charge in [0.2, 0.25) is 5.88 Å². The maximum Gasteiger partial charge on any atom is 0.262 e. The molecule has 0 bridgehead atoms. The largest absolute Gasteiger partial charge is 0.466 e. The SMILES string of the molecule is CCCn1ccc2cc(NC(=O)COc3nn(C)c4nc(C)cc(C)c34)ccc21. The number of aromatic nitrogens is 4. The lowest BCUT2D eigenvalue weighted by Gasteiger charge is -2.08. The Morgan fingerprint density at radius 1 is 1.21 bits per heavy atom. The van der Waals surface area contributed by atoms with Crippen LogP contribution in [0, 0.1) is 13.8 Å². The fourth-order valence-electron chi connectivity index (χ4n) is 3.69. The molecule has 1 amide bonds. The Labute approximate surface area is 169 Å². The molecular weight excluding hydrogens is 366 g/mol. The van der Waals surface area contributed by atoms with Crippen molar-refractivity contribution >= 4 is 33.5 Å². The van der Waals surface area contributed by atoms with E-state index in [0.29, 0.717) is 5.88 Å². The number of hydrogen-bond donors (Lipinski definition) is 1. The number of fused-ring (bicyclic) bond motifs is 2. The van der Waals surface area contributed by atoms with Crippen LogP contribution in [0.25, 0.3) is 21.9 Å². The number of ether oxygens (including phenoxy) is 1. The fraction of sp³-hybridized carbons (Fsp3) is 0.318. The van der Waals surface area contributed by atoms with Gasteiger partial charge in [0, 0.05) is 42.1 Å². The highest BCUT2D eigenvalue weighted by Crippen LogP contribution is 2.27. The van der Waals surface area contributed by atoms with E-state index in [-0.39, 0.29) is 12.5 Å². The van der Waals surface area contributed by atoms with Crippen molar-refractivity contribution < 1.29 is 9.53 Å². The van der Waals surface area contributed by atoms with E-state index < -0.39 is 0 Å². The fourth-order valence-corrected chi connectivity index (χ4v) is 3.69. The smallest absolute Gasteiger partial charge is 0.262 e. The molecule has 150 valence electrons. The monoisotopic (exact) mass is 391 g/mol. The van der Waals surface area contributed by atoms with Gasteiger partial charge >= 0.3 is 0 Å². The molecule has 0 fully saturated rings. The molecule has 0 aliphatic rings. The van der Waals surface area contributed by atoms with Crippen LogP contribution in [0.4, 0.5) is 5.69 Å². The predicted molar refractivity (Wildman–Crippen MR) is 114 cm³/mol. The number of carbonyl (C=O) groups is 1. The lowest BCUT2D eigenvalue weighted by molar-refractivity contribution is -0.118. The summed E-state index contributed by atoms with van der Waals surface area (Å²) >= 11 is 0. The van der Waals surface area contributed by atoms with Crippen LogP contribution in [0.5, 0.6) is 5.88 Å². The minimum Gasteiger partial charge on any atom is -0.466 e. The summed E-state index contributed by atoms with van der Waals surface area (Å²) < 4.78 is 9.62. The number of benzene rings is 1. The normalized spacial score (nSPS) is 11.3. The van der Waals surface area contributed by atoms with Gasteiger partial charge in [-0.2, -0.15) is 0 Å². The summed E-state index contributed by atoms with van der Waals surface area (Å²) in [6.07, 6.45) is 3.16. The summed E-state index contributed by atoms with van der Waals surface area (Å²) in [5.41, 5.74) is 4.61. The summed E-state index contributed by atoms with van der Waals surface area (Å²) in [5, 5.41) is 9.22. The summed E-state index contributed by atoms with van der Waals surface area (Å²) in [6, 6.07) is 9.97. The number of pyridine rings is 1. The van der Waals surface area contributed by atoms with Crippen molar-refractivity contribution in [1.29, 1.82) is 0 Å². The van der Waals surface area contributed by atoms with Crippen LogP contribution in [0.1, 0.15) is 24.6 Å². The van der Waals surface area contributed by atoms with E-state index in [2.05, 4.69) is 39.2 Å². The second-order valence-corrected chi connectivity index (χ2v) is 7.33. The van der Waals surface area contributed by atoms with Crippen molar-refractivity contribution in [2.75, 3.05) is 11.9 Å². The quantitative estimate of drug-likeness (QED) is 0.540. The van der Waals surface area contributed by atoms with E-state index in [1.807, 2.05) is 45.2 Å². The summed E-state index contributed by atoms with van der Waals surface area (Å²) in [5.74, 6) is 0.198. The van der Waals surface area contributed by atoms with Crippen LogP contribution >= 0.6 is 0 Å². The second kappa shape index (κ2) is 7.58. The van der Waals surface area contributed by atoms with Crippen LogP contribution in [0.3, 0.4) is 0 Å². The molecular formula is C22H25N5O2. The highest BCUT2D eigenvalue weighted by atomic mass is 16.5. The average Bonchev–Trinajstić information content (AvgIpc) is 3.21. The Balaban J connectivity index is 1.47. The van der Waals surface area contributed by atoms with Gasteiger partial charge in [-0.15, -0.1) is 5.10 Å². The van der Waals surface area contributed by atoms with Gasteiger partial charge in [-0.1, -0.05) is 6.92 Å². The van der Waals surface area contributed by atoms with Crippen molar-refractivity contribution in [1.82, 2.24) is 19.3 Å². The molecule has 4 aromatic rings. The Hall–Kier alpha value is -3.35. The minimum atomic E-state index is -0.228. The number of nitrogens with one attached hydrogen (secondary N) is 1. The summed E-state index contributed by atoms with van der Waals surface area (Å²) in [7, 11) is 1.82. The van der Waals surface area contributed by atoms with Crippen LogP contribution < -0.4 is 10.1 Å². The van der Waals surface area contributed by atoms with Crippen LogP contribution in [-0.4, -0.2) is 31.8 Å². The van der Waals surface area contributed by atoms with Gasteiger partial charge in [-0.25, -0.2) is 9.67 Å². The van der Waals surface area contributed by atoms with E-state index in [0.717, 1.165) is 46.3 Å². The van der Waals surface area contributed by atoms with Gasteiger partial charge in [0.25, 0.3) is 5.91 Å². The zero-order valence-corrected chi connectivity index (χ0v) is 17.2. The highest BCUT2D eigenvalue weighted by Gasteiger charge is 2.15. The third-order valence-electron chi connectivity index (χ3n) is 4.95. The van der Waals surface area contributed by atoms with Gasteiger partial charge in [-0.05, 0) is 56.2 Å². The van der Waals surface area contributed by atoms with E-state index in [1.165, 1.54) is 5.52 Å². The number of amides is 1. The Morgan fingerprint density at radius 2 is 2.03 bits per heavy atom. The molecule has 7 heteroatoms. The molecule has 29 heavy (non-hydrogen) atoms. The van der Waals surface area contributed by atoms with Gasteiger partial charge in [0.05, 0.1) is 5.39 Å². The summed E-state index contributed by atoms with van der Waals surface area (Å²) in [6.45, 7) is 6.96. The first-order valence-electron chi connectivity index (χ1n) is 9.78. The van der Waals surface area contributed by atoms with E-state index in [1.54, 1.807) is 4.68 Å². The van der Waals surface area contributed by atoms with Crippen molar-refractivity contribution in [3.63, 3.8) is 0 Å². The molecule has 0 aliphatic carbocycles. The van der Waals surface area contributed by atoms with Gasteiger partial charge in [0.15, 0.2) is 12.3 Å². The third-order valence-corrected chi connectivity index (χ3v) is 4.95. The molecule has 0 radical (unpaired) electrons. The molecule has 3 heterocycles. The molecule has 7 nitrogen and oxygen atoms in total. The zero-order chi connectivity index (χ0) is 20.5. The third kappa shape index (κ3) is 3.68. The molecule has 0 saturated heterocycles. The number of rotatable bonds is 6. The maximum absolute atomic E-state index is 12.4. The number of carbonyl (C=O) groups excluding carboxylic acids is 1. The molecule has 3 aromatic heterocycles.